The van der Waals surface area contributed by atoms with Crippen LogP contribution in [0.25, 0.3) is 11.9 Å². The maximum absolute atomic E-state index is 12.5. The quantitative estimate of drug-likeness (QED) is 0.198. The molecule has 29 heavy (non-hydrogen) atoms. The first-order valence-corrected chi connectivity index (χ1v) is 8.59. The van der Waals surface area contributed by atoms with Crippen LogP contribution in [0.15, 0.2) is 53.1 Å². The minimum absolute atomic E-state index is 0.124. The lowest BCUT2D eigenvalue weighted by molar-refractivity contribution is -0.402. The van der Waals surface area contributed by atoms with E-state index in [2.05, 4.69) is 4.98 Å². The van der Waals surface area contributed by atoms with Crippen LogP contribution in [-0.2, 0) is 9.53 Å². The zero-order valence-corrected chi connectivity index (χ0v) is 15.7. The van der Waals surface area contributed by atoms with E-state index in [0.29, 0.717) is 17.1 Å². The predicted molar refractivity (Wildman–Crippen MR) is 103 cm³/mol. The molecule has 3 rings (SSSR count). The van der Waals surface area contributed by atoms with Gasteiger partial charge in [-0.3, -0.25) is 14.9 Å². The number of carbonyl (C=O) groups excluding carboxylic acids is 2. The number of nitrogens with zero attached hydrogens (tertiary/aromatic N) is 3. The Labute approximate surface area is 165 Å². The van der Waals surface area contributed by atoms with Gasteiger partial charge in [0.15, 0.2) is 6.61 Å². The molecule has 3 aromatic rings. The largest absolute Gasteiger partial charge is 0.454 e. The van der Waals surface area contributed by atoms with Gasteiger partial charge in [-0.2, -0.15) is 0 Å². The summed E-state index contributed by atoms with van der Waals surface area (Å²) in [5.41, 5.74) is 1.96. The summed E-state index contributed by atoms with van der Waals surface area (Å²) in [6.07, 6.45) is 3.93. The Bertz CT molecular complexity index is 1090. The molecule has 0 aliphatic carbocycles. The van der Waals surface area contributed by atoms with Gasteiger partial charge in [-0.1, -0.05) is 6.07 Å². The predicted octanol–water partition coefficient (Wildman–Crippen LogP) is 3.43. The molecule has 0 unspecified atom stereocenters. The van der Waals surface area contributed by atoms with E-state index in [9.17, 15) is 19.7 Å². The molecular weight excluding hydrogens is 378 g/mol. The van der Waals surface area contributed by atoms with Crippen molar-refractivity contribution < 1.29 is 23.7 Å². The molecule has 0 aromatic carbocycles. The first-order chi connectivity index (χ1) is 13.9. The van der Waals surface area contributed by atoms with Crippen LogP contribution in [0.5, 0.6) is 0 Å². The Morgan fingerprint density at radius 3 is 2.72 bits per heavy atom. The third-order valence-electron chi connectivity index (χ3n) is 4.13. The summed E-state index contributed by atoms with van der Waals surface area (Å²) in [5.74, 6) is -0.740. The van der Waals surface area contributed by atoms with Crippen molar-refractivity contribution in [3.05, 3.63) is 81.5 Å². The lowest BCUT2D eigenvalue weighted by atomic mass is 10.1. The second-order valence-electron chi connectivity index (χ2n) is 6.11. The van der Waals surface area contributed by atoms with Crippen LogP contribution in [0.1, 0.15) is 27.5 Å². The lowest BCUT2D eigenvalue weighted by Gasteiger charge is -2.08. The lowest BCUT2D eigenvalue weighted by Crippen LogP contribution is -2.13. The SMILES string of the molecule is Cc1cc(C(=O)COC(=O)/C=C/c2ccc([N+](=O)[O-])o2)c(C)n1-c1ccccn1. The zero-order valence-electron chi connectivity index (χ0n) is 15.7. The molecule has 0 radical (unpaired) electrons. The number of rotatable bonds is 7. The Morgan fingerprint density at radius 1 is 1.28 bits per heavy atom. The van der Waals surface area contributed by atoms with Gasteiger partial charge in [0.2, 0.25) is 5.78 Å². The maximum atomic E-state index is 12.5. The van der Waals surface area contributed by atoms with E-state index < -0.39 is 23.4 Å². The minimum atomic E-state index is -0.768. The van der Waals surface area contributed by atoms with E-state index in [-0.39, 0.29) is 11.5 Å². The number of ketones is 1. The van der Waals surface area contributed by atoms with E-state index in [1.54, 1.807) is 25.3 Å². The van der Waals surface area contributed by atoms with Crippen molar-refractivity contribution in [2.45, 2.75) is 13.8 Å². The van der Waals surface area contributed by atoms with Crippen LogP contribution >= 0.6 is 0 Å². The molecule has 0 saturated carbocycles. The number of nitro groups is 1. The number of carbonyl (C=O) groups is 2. The van der Waals surface area contributed by atoms with Gasteiger partial charge in [0.05, 0.1) is 6.07 Å². The first-order valence-electron chi connectivity index (χ1n) is 8.59. The normalized spacial score (nSPS) is 11.0. The van der Waals surface area contributed by atoms with Crippen LogP contribution in [0.2, 0.25) is 0 Å². The first kappa shape index (κ1) is 19.7. The van der Waals surface area contributed by atoms with Gasteiger partial charge < -0.3 is 13.7 Å². The summed E-state index contributed by atoms with van der Waals surface area (Å²) in [4.78, 5) is 38.5. The Hall–Kier alpha value is -4.01. The van der Waals surface area contributed by atoms with E-state index in [0.717, 1.165) is 11.8 Å². The summed E-state index contributed by atoms with van der Waals surface area (Å²) >= 11 is 0. The highest BCUT2D eigenvalue weighted by atomic mass is 16.6. The number of furan rings is 1. The molecule has 0 amide bonds. The van der Waals surface area contributed by atoms with Crippen molar-refractivity contribution in [3.63, 3.8) is 0 Å². The van der Waals surface area contributed by atoms with Crippen molar-refractivity contribution in [1.29, 1.82) is 0 Å². The molecule has 0 bridgehead atoms. The average Bonchev–Trinajstić information content (AvgIpc) is 3.29. The van der Waals surface area contributed by atoms with Crippen LogP contribution in [0.3, 0.4) is 0 Å². The van der Waals surface area contributed by atoms with Crippen molar-refractivity contribution in [2.75, 3.05) is 6.61 Å². The number of aromatic nitrogens is 2. The highest BCUT2D eigenvalue weighted by Gasteiger charge is 2.18. The zero-order chi connectivity index (χ0) is 21.0. The molecule has 9 heteroatoms. The Kier molecular flexibility index (Phi) is 5.68. The number of pyridine rings is 1. The monoisotopic (exact) mass is 395 g/mol. The van der Waals surface area contributed by atoms with Crippen molar-refractivity contribution in [2.24, 2.45) is 0 Å². The van der Waals surface area contributed by atoms with E-state index in [1.807, 2.05) is 23.6 Å². The smallest absolute Gasteiger partial charge is 0.433 e. The molecule has 0 N–H and O–H groups in total. The van der Waals surface area contributed by atoms with Gasteiger partial charge in [0.25, 0.3) is 0 Å². The fourth-order valence-corrected chi connectivity index (χ4v) is 2.83. The minimum Gasteiger partial charge on any atom is -0.454 e. The topological polar surface area (TPSA) is 117 Å². The van der Waals surface area contributed by atoms with Gasteiger partial charge >= 0.3 is 11.9 Å². The number of ether oxygens (including phenoxy) is 1. The van der Waals surface area contributed by atoms with E-state index in [1.165, 1.54) is 18.2 Å². The summed E-state index contributed by atoms with van der Waals surface area (Å²) in [7, 11) is 0. The standard InChI is InChI=1S/C20H17N3O6/c1-13-11-16(14(2)22(13)18-5-3-4-10-21-18)17(24)12-28-20(25)9-7-15-6-8-19(29-15)23(26)27/h3-11H,12H2,1-2H3/b9-7+. The molecule has 0 aliphatic heterocycles. The fraction of sp³-hybridized carbons (Fsp3) is 0.150. The van der Waals surface area contributed by atoms with Gasteiger partial charge in [-0.25, -0.2) is 9.78 Å². The van der Waals surface area contributed by atoms with Gasteiger partial charge in [-0.15, -0.1) is 0 Å². The third kappa shape index (κ3) is 4.46. The van der Waals surface area contributed by atoms with Crippen LogP contribution < -0.4 is 0 Å². The molecule has 0 aliphatic rings. The number of esters is 1. The van der Waals surface area contributed by atoms with Crippen LogP contribution in [0.4, 0.5) is 5.88 Å². The Balaban J connectivity index is 1.64. The summed E-state index contributed by atoms with van der Waals surface area (Å²) in [6, 6.07) is 9.73. The Morgan fingerprint density at radius 2 is 2.07 bits per heavy atom. The fourth-order valence-electron chi connectivity index (χ4n) is 2.83. The van der Waals surface area contributed by atoms with Crippen LogP contribution in [-0.4, -0.2) is 32.8 Å². The summed E-state index contributed by atoms with van der Waals surface area (Å²) in [5, 5.41) is 10.6. The van der Waals surface area contributed by atoms with E-state index >= 15 is 0 Å². The van der Waals surface area contributed by atoms with Gasteiger partial charge in [0, 0.05) is 29.2 Å². The van der Waals surface area contributed by atoms with Crippen molar-refractivity contribution in [1.82, 2.24) is 9.55 Å². The molecule has 148 valence electrons. The number of hydrogen-bond donors (Lipinski definition) is 0. The molecule has 0 atom stereocenters. The van der Waals surface area contributed by atoms with Crippen LogP contribution in [0, 0.1) is 24.0 Å². The highest BCUT2D eigenvalue weighted by molar-refractivity contribution is 6.00. The molecular formula is C20H17N3O6. The number of Topliss-reactive ketones (excluding diaryl/α,β-unsaturated/α-hetero) is 1. The molecule has 0 fully saturated rings. The average molecular weight is 395 g/mol. The molecule has 3 heterocycles. The maximum Gasteiger partial charge on any atom is 0.433 e. The van der Waals surface area contributed by atoms with Gasteiger partial charge in [0.1, 0.15) is 16.5 Å². The van der Waals surface area contributed by atoms with Gasteiger partial charge in [-0.05, 0) is 44.2 Å². The number of aryl methyl sites for hydroxylation is 1. The molecule has 9 nitrogen and oxygen atoms in total. The summed E-state index contributed by atoms with van der Waals surface area (Å²) in [6.45, 7) is 3.21. The molecule has 0 saturated heterocycles. The highest BCUT2D eigenvalue weighted by Crippen LogP contribution is 2.20. The second kappa shape index (κ2) is 8.34. The van der Waals surface area contributed by atoms with Crippen molar-refractivity contribution >= 4 is 23.7 Å². The van der Waals surface area contributed by atoms with Crippen molar-refractivity contribution in [3.8, 4) is 5.82 Å². The third-order valence-corrected chi connectivity index (χ3v) is 4.13. The molecule has 0 spiro atoms. The summed E-state index contributed by atoms with van der Waals surface area (Å²) < 4.78 is 11.7. The second-order valence-corrected chi connectivity index (χ2v) is 6.11. The van der Waals surface area contributed by atoms with E-state index in [4.69, 9.17) is 9.15 Å². The molecule has 3 aromatic heterocycles. The number of hydrogen-bond acceptors (Lipinski definition) is 7.